The highest BCUT2D eigenvalue weighted by Crippen LogP contribution is 2.28. The number of carbonyl (C=O) groups excluding carboxylic acids is 1. The molecule has 6 nitrogen and oxygen atoms in total. The second-order valence-electron chi connectivity index (χ2n) is 6.33. The molecule has 1 aromatic rings. The summed E-state index contributed by atoms with van der Waals surface area (Å²) in [6.45, 7) is 5.14. The van der Waals surface area contributed by atoms with E-state index >= 15 is 0 Å². The molecule has 0 bridgehead atoms. The smallest absolute Gasteiger partial charge is 0.269 e. The van der Waals surface area contributed by atoms with Crippen LogP contribution < -0.4 is 25.6 Å². The van der Waals surface area contributed by atoms with Gasteiger partial charge in [0.05, 0.1) is 13.2 Å². The van der Waals surface area contributed by atoms with Crippen LogP contribution in [0.1, 0.15) is 62.7 Å². The molecule has 0 radical (unpaired) electrons. The third kappa shape index (κ3) is 6.37. The van der Waals surface area contributed by atoms with Gasteiger partial charge >= 0.3 is 0 Å². The fraction of sp³-hybridized carbons (Fsp3) is 0.579. The van der Waals surface area contributed by atoms with E-state index in [2.05, 4.69) is 23.1 Å². The van der Waals surface area contributed by atoms with Gasteiger partial charge in [-0.3, -0.25) is 15.6 Å². The normalized spacial score (nSPS) is 13.9. The van der Waals surface area contributed by atoms with E-state index in [1.165, 1.54) is 12.8 Å². The summed E-state index contributed by atoms with van der Waals surface area (Å²) in [4.78, 5) is 12.4. The van der Waals surface area contributed by atoms with Crippen molar-refractivity contribution in [3.8, 4) is 11.5 Å². The van der Waals surface area contributed by atoms with E-state index in [9.17, 15) is 4.79 Å². The number of amides is 1. The maximum atomic E-state index is 12.4. The Morgan fingerprint density at radius 2 is 1.92 bits per heavy atom. The largest absolute Gasteiger partial charge is 0.490 e. The quantitative estimate of drug-likeness (QED) is 0.366. The van der Waals surface area contributed by atoms with E-state index < -0.39 is 0 Å². The van der Waals surface area contributed by atoms with Crippen LogP contribution in [0.2, 0.25) is 0 Å². The Kier molecular flexibility index (Phi) is 8.47. The summed E-state index contributed by atoms with van der Waals surface area (Å²) in [5, 5.41) is 3.66. The summed E-state index contributed by atoms with van der Waals surface area (Å²) in [6, 6.07) is 5.57. The van der Waals surface area contributed by atoms with Crippen molar-refractivity contribution in [2.75, 3.05) is 13.2 Å². The summed E-state index contributed by atoms with van der Waals surface area (Å²) < 4.78 is 11.3. The zero-order valence-electron chi connectivity index (χ0n) is 15.6. The van der Waals surface area contributed by atoms with Gasteiger partial charge in [0.1, 0.15) is 0 Å². The molecule has 3 N–H and O–H groups in total. The first-order valence-electron chi connectivity index (χ1n) is 9.40. The van der Waals surface area contributed by atoms with E-state index in [1.54, 1.807) is 18.2 Å². The van der Waals surface area contributed by atoms with Crippen molar-refractivity contribution in [2.45, 2.75) is 58.4 Å². The Morgan fingerprint density at radius 1 is 1.15 bits per heavy atom. The van der Waals surface area contributed by atoms with Crippen molar-refractivity contribution in [1.82, 2.24) is 16.2 Å². The number of hydrazine groups is 1. The third-order valence-corrected chi connectivity index (χ3v) is 4.46. The average molecular weight is 380 g/mol. The van der Waals surface area contributed by atoms with E-state index in [0.29, 0.717) is 41.4 Å². The van der Waals surface area contributed by atoms with Gasteiger partial charge in [0.25, 0.3) is 5.91 Å². The first-order valence-corrected chi connectivity index (χ1v) is 9.81. The second kappa shape index (κ2) is 10.9. The van der Waals surface area contributed by atoms with Crippen molar-refractivity contribution < 1.29 is 14.3 Å². The van der Waals surface area contributed by atoms with Crippen molar-refractivity contribution in [3.63, 3.8) is 0 Å². The molecule has 0 saturated heterocycles. The van der Waals surface area contributed by atoms with Gasteiger partial charge in [-0.15, -0.1) is 0 Å². The van der Waals surface area contributed by atoms with Gasteiger partial charge in [0, 0.05) is 11.6 Å². The Morgan fingerprint density at radius 3 is 2.62 bits per heavy atom. The first kappa shape index (κ1) is 20.3. The van der Waals surface area contributed by atoms with Crippen molar-refractivity contribution >= 4 is 23.2 Å². The number of carbonyl (C=O) groups is 1. The van der Waals surface area contributed by atoms with Crippen LogP contribution in [0.25, 0.3) is 0 Å². The number of hydrogen-bond acceptors (Lipinski definition) is 4. The highest BCUT2D eigenvalue weighted by atomic mass is 32.1. The third-order valence-electron chi connectivity index (χ3n) is 4.24. The standard InChI is InChI=1S/C19H29N3O3S/c1-3-5-12-25-16-11-10-14(13-17(16)24-4-2)18(23)21-22-19(26)20-15-8-6-7-9-15/h10-11,13,15H,3-9,12H2,1-2H3,(H,21,23)(H2,20,22,26). The second-order valence-corrected chi connectivity index (χ2v) is 6.74. The van der Waals surface area contributed by atoms with Crippen molar-refractivity contribution in [3.05, 3.63) is 23.8 Å². The molecule has 0 aliphatic heterocycles. The number of hydrogen-bond donors (Lipinski definition) is 3. The van der Waals surface area contributed by atoms with E-state index in [-0.39, 0.29) is 5.91 Å². The SMILES string of the molecule is CCCCOc1ccc(C(=O)NNC(=S)NC2CCCC2)cc1OCC. The lowest BCUT2D eigenvalue weighted by molar-refractivity contribution is 0.0943. The van der Waals surface area contributed by atoms with Crippen LogP contribution in [-0.4, -0.2) is 30.3 Å². The molecule has 0 spiro atoms. The molecular weight excluding hydrogens is 350 g/mol. The predicted molar refractivity (Wildman–Crippen MR) is 107 cm³/mol. The van der Waals surface area contributed by atoms with Crippen LogP contribution in [0.3, 0.4) is 0 Å². The minimum Gasteiger partial charge on any atom is -0.490 e. The molecular formula is C19H29N3O3S. The first-order chi connectivity index (χ1) is 12.6. The summed E-state index contributed by atoms with van der Waals surface area (Å²) >= 11 is 5.22. The Hall–Kier alpha value is -2.02. The van der Waals surface area contributed by atoms with E-state index in [1.807, 2.05) is 6.92 Å². The molecule has 0 aromatic heterocycles. The number of benzene rings is 1. The molecule has 1 aliphatic carbocycles. The Labute approximate surface area is 161 Å². The molecule has 1 fully saturated rings. The maximum Gasteiger partial charge on any atom is 0.269 e. The molecule has 1 amide bonds. The van der Waals surface area contributed by atoms with Gasteiger partial charge in [-0.05, 0) is 56.6 Å². The fourth-order valence-corrected chi connectivity index (χ4v) is 3.06. The topological polar surface area (TPSA) is 71.6 Å². The summed E-state index contributed by atoms with van der Waals surface area (Å²) in [7, 11) is 0. The van der Waals surface area contributed by atoms with Gasteiger partial charge in [-0.25, -0.2) is 0 Å². The number of nitrogens with one attached hydrogen (secondary N) is 3. The highest BCUT2D eigenvalue weighted by Gasteiger charge is 2.16. The van der Waals surface area contributed by atoms with Crippen molar-refractivity contribution in [2.24, 2.45) is 0 Å². The highest BCUT2D eigenvalue weighted by molar-refractivity contribution is 7.80. The molecule has 7 heteroatoms. The molecule has 144 valence electrons. The van der Waals surface area contributed by atoms with Crippen LogP contribution >= 0.6 is 12.2 Å². The summed E-state index contributed by atoms with van der Waals surface area (Å²) in [6.07, 6.45) is 6.72. The zero-order valence-corrected chi connectivity index (χ0v) is 16.4. The van der Waals surface area contributed by atoms with Gasteiger partial charge in [-0.1, -0.05) is 26.2 Å². The summed E-state index contributed by atoms with van der Waals surface area (Å²) in [5.74, 6) is 0.952. The van der Waals surface area contributed by atoms with E-state index in [4.69, 9.17) is 21.7 Å². The van der Waals surface area contributed by atoms with Gasteiger partial charge < -0.3 is 14.8 Å². The Bertz CT molecular complexity index is 604. The molecule has 0 unspecified atom stereocenters. The van der Waals surface area contributed by atoms with Crippen LogP contribution in [0.15, 0.2) is 18.2 Å². The molecule has 1 saturated carbocycles. The number of ether oxygens (including phenoxy) is 2. The van der Waals surface area contributed by atoms with Crippen LogP contribution in [0.5, 0.6) is 11.5 Å². The monoisotopic (exact) mass is 379 g/mol. The lowest BCUT2D eigenvalue weighted by Gasteiger charge is -2.17. The maximum absolute atomic E-state index is 12.4. The number of rotatable bonds is 8. The fourth-order valence-electron chi connectivity index (χ4n) is 2.84. The average Bonchev–Trinajstić information content (AvgIpc) is 3.14. The summed E-state index contributed by atoms with van der Waals surface area (Å²) in [5.41, 5.74) is 5.87. The number of thiocarbonyl (C=S) groups is 1. The van der Waals surface area contributed by atoms with E-state index in [0.717, 1.165) is 25.7 Å². The van der Waals surface area contributed by atoms with Crippen LogP contribution in [-0.2, 0) is 0 Å². The zero-order chi connectivity index (χ0) is 18.8. The van der Waals surface area contributed by atoms with Crippen LogP contribution in [0, 0.1) is 0 Å². The molecule has 0 atom stereocenters. The minimum absolute atomic E-state index is 0.276. The van der Waals surface area contributed by atoms with Gasteiger partial charge in [0.15, 0.2) is 16.6 Å². The minimum atomic E-state index is -0.276. The Balaban J connectivity index is 1.90. The van der Waals surface area contributed by atoms with Crippen molar-refractivity contribution in [1.29, 1.82) is 0 Å². The predicted octanol–water partition coefficient (Wildman–Crippen LogP) is 3.32. The van der Waals surface area contributed by atoms with Gasteiger partial charge in [-0.2, -0.15) is 0 Å². The number of unbranched alkanes of at least 4 members (excludes halogenated alkanes) is 1. The van der Waals surface area contributed by atoms with Gasteiger partial charge in [0.2, 0.25) is 0 Å². The van der Waals surface area contributed by atoms with Crippen LogP contribution in [0.4, 0.5) is 0 Å². The molecule has 1 aliphatic rings. The lowest BCUT2D eigenvalue weighted by atomic mass is 10.2. The molecule has 26 heavy (non-hydrogen) atoms. The molecule has 0 heterocycles. The molecule has 2 rings (SSSR count). The lowest BCUT2D eigenvalue weighted by Crippen LogP contribution is -2.49. The molecule has 1 aromatic carbocycles.